The molecule has 1 aromatic carbocycles. The molecule has 3 aliphatic rings. The Morgan fingerprint density at radius 2 is 1.84 bits per heavy atom. The lowest BCUT2D eigenvalue weighted by atomic mass is 9.66. The molecule has 1 saturated carbocycles. The van der Waals surface area contributed by atoms with Crippen molar-refractivity contribution < 1.29 is 0 Å². The van der Waals surface area contributed by atoms with Crippen molar-refractivity contribution in [1.29, 1.82) is 0 Å². The van der Waals surface area contributed by atoms with E-state index < -0.39 is 5.66 Å². The number of amidine groups is 1. The lowest BCUT2D eigenvalue weighted by Crippen LogP contribution is -2.41. The summed E-state index contributed by atoms with van der Waals surface area (Å²) in [6.45, 7) is 0. The van der Waals surface area contributed by atoms with E-state index in [2.05, 4.69) is 24.3 Å². The lowest BCUT2D eigenvalue weighted by Gasteiger charge is -2.42. The molecule has 98 valence electrons. The topological polar surface area (TPSA) is 50.7 Å². The van der Waals surface area contributed by atoms with Gasteiger partial charge < -0.3 is 5.73 Å². The van der Waals surface area contributed by atoms with E-state index in [0.717, 1.165) is 6.42 Å². The molecule has 0 saturated heterocycles. The maximum absolute atomic E-state index is 5.94. The zero-order valence-corrected chi connectivity index (χ0v) is 11.1. The highest BCUT2D eigenvalue weighted by molar-refractivity contribution is 6.30. The fourth-order valence-electron chi connectivity index (χ4n) is 4.33. The highest BCUT2D eigenvalue weighted by Crippen LogP contribution is 2.60. The molecule has 1 atom stereocenters. The van der Waals surface area contributed by atoms with Crippen molar-refractivity contribution in [2.75, 3.05) is 0 Å². The molecule has 4 rings (SSSR count). The van der Waals surface area contributed by atoms with Crippen LogP contribution in [0.1, 0.15) is 43.2 Å². The van der Waals surface area contributed by atoms with Gasteiger partial charge in [0.05, 0.1) is 6.21 Å². The van der Waals surface area contributed by atoms with E-state index in [1.165, 1.54) is 43.2 Å². The first-order valence-corrected chi connectivity index (χ1v) is 7.25. The number of nitrogens with zero attached hydrogens (tertiary/aromatic N) is 2. The Labute approximate surface area is 113 Å². The number of aliphatic imine (C=N–C) groups is 2. The van der Waals surface area contributed by atoms with Crippen LogP contribution in [0.25, 0.3) is 0 Å². The Balaban J connectivity index is 1.93. The first-order valence-electron chi connectivity index (χ1n) is 7.25. The summed E-state index contributed by atoms with van der Waals surface area (Å²) in [5, 5.41) is 0. The predicted octanol–water partition coefficient (Wildman–Crippen LogP) is 2.79. The largest absolute Gasteiger partial charge is 0.383 e. The van der Waals surface area contributed by atoms with Crippen LogP contribution in [0.3, 0.4) is 0 Å². The molecule has 3 heteroatoms. The monoisotopic (exact) mass is 253 g/mol. The van der Waals surface area contributed by atoms with Gasteiger partial charge >= 0.3 is 0 Å². The second kappa shape index (κ2) is 3.69. The van der Waals surface area contributed by atoms with Crippen molar-refractivity contribution >= 4 is 12.1 Å². The number of fused-ring (bicyclic) bond motifs is 3. The molecule has 0 aromatic heterocycles. The Kier molecular flexibility index (Phi) is 2.17. The summed E-state index contributed by atoms with van der Waals surface area (Å²) in [6.07, 6.45) is 9.24. The van der Waals surface area contributed by atoms with Crippen LogP contribution in [0.2, 0.25) is 0 Å². The van der Waals surface area contributed by atoms with Crippen molar-refractivity contribution in [3.8, 4) is 0 Å². The van der Waals surface area contributed by atoms with Crippen molar-refractivity contribution in [2.24, 2.45) is 21.1 Å². The number of benzene rings is 1. The summed E-state index contributed by atoms with van der Waals surface area (Å²) in [6, 6.07) is 8.65. The Hall–Kier alpha value is -1.64. The van der Waals surface area contributed by atoms with Gasteiger partial charge in [0.15, 0.2) is 5.66 Å². The van der Waals surface area contributed by atoms with Gasteiger partial charge in [0.2, 0.25) is 0 Å². The average Bonchev–Trinajstić information content (AvgIpc) is 2.94. The molecule has 3 nitrogen and oxygen atoms in total. The lowest BCUT2D eigenvalue weighted by molar-refractivity contribution is 0.0935. The second-order valence-corrected chi connectivity index (χ2v) is 6.14. The Bertz CT molecular complexity index is 581. The minimum atomic E-state index is -0.409. The zero-order chi connectivity index (χ0) is 12.9. The van der Waals surface area contributed by atoms with Crippen molar-refractivity contribution in [1.82, 2.24) is 0 Å². The van der Waals surface area contributed by atoms with E-state index >= 15 is 0 Å². The fourth-order valence-corrected chi connectivity index (χ4v) is 4.33. The van der Waals surface area contributed by atoms with E-state index in [1.54, 1.807) is 6.21 Å². The van der Waals surface area contributed by atoms with Crippen LogP contribution in [0.4, 0.5) is 0 Å². The molecule has 19 heavy (non-hydrogen) atoms. The minimum absolute atomic E-state index is 0.173. The minimum Gasteiger partial charge on any atom is -0.383 e. The molecular formula is C16H19N3. The molecule has 0 bridgehead atoms. The molecule has 1 heterocycles. The Morgan fingerprint density at radius 3 is 2.58 bits per heavy atom. The van der Waals surface area contributed by atoms with Crippen molar-refractivity contribution in [3.63, 3.8) is 0 Å². The highest BCUT2D eigenvalue weighted by Gasteiger charge is 2.59. The smallest absolute Gasteiger partial charge is 0.184 e. The normalized spacial score (nSPS) is 30.8. The summed E-state index contributed by atoms with van der Waals surface area (Å²) in [7, 11) is 0. The van der Waals surface area contributed by atoms with Gasteiger partial charge in [0.1, 0.15) is 5.84 Å². The number of nitrogens with two attached hydrogens (primary N) is 1. The number of rotatable bonds is 0. The molecule has 2 spiro atoms. The van der Waals surface area contributed by atoms with Gasteiger partial charge in [-0.05, 0) is 24.8 Å². The molecule has 2 aliphatic carbocycles. The molecule has 2 N–H and O–H groups in total. The molecule has 0 amide bonds. The van der Waals surface area contributed by atoms with Gasteiger partial charge in [0.25, 0.3) is 0 Å². The van der Waals surface area contributed by atoms with Crippen molar-refractivity contribution in [3.05, 3.63) is 35.4 Å². The first-order chi connectivity index (χ1) is 9.26. The van der Waals surface area contributed by atoms with Crippen LogP contribution in [-0.4, -0.2) is 12.1 Å². The molecular weight excluding hydrogens is 234 g/mol. The third-order valence-corrected chi connectivity index (χ3v) is 5.15. The van der Waals surface area contributed by atoms with Gasteiger partial charge in [-0.25, -0.2) is 4.99 Å². The predicted molar refractivity (Wildman–Crippen MR) is 77.5 cm³/mol. The average molecular weight is 253 g/mol. The van der Waals surface area contributed by atoms with Crippen LogP contribution < -0.4 is 5.73 Å². The summed E-state index contributed by atoms with van der Waals surface area (Å²) in [5.41, 5.74) is 8.40. The summed E-state index contributed by atoms with van der Waals surface area (Å²) in [5.74, 6) is 0.585. The van der Waals surface area contributed by atoms with Crippen LogP contribution in [0.5, 0.6) is 0 Å². The molecule has 1 unspecified atom stereocenters. The molecule has 1 aromatic rings. The van der Waals surface area contributed by atoms with E-state index in [1.807, 2.05) is 0 Å². The van der Waals surface area contributed by atoms with Crippen LogP contribution in [0.15, 0.2) is 34.3 Å². The second-order valence-electron chi connectivity index (χ2n) is 6.14. The van der Waals surface area contributed by atoms with Gasteiger partial charge in [-0.2, -0.15) is 0 Å². The number of hydrogen-bond acceptors (Lipinski definition) is 3. The van der Waals surface area contributed by atoms with Gasteiger partial charge in [-0.1, -0.05) is 43.5 Å². The molecule has 0 radical (unpaired) electrons. The number of hydrogen-bond donors (Lipinski definition) is 1. The van der Waals surface area contributed by atoms with Crippen LogP contribution in [-0.2, 0) is 12.1 Å². The third kappa shape index (κ3) is 1.33. The van der Waals surface area contributed by atoms with E-state index in [4.69, 9.17) is 15.7 Å². The van der Waals surface area contributed by atoms with E-state index in [9.17, 15) is 0 Å². The third-order valence-electron chi connectivity index (χ3n) is 5.15. The van der Waals surface area contributed by atoms with E-state index in [-0.39, 0.29) is 5.41 Å². The van der Waals surface area contributed by atoms with E-state index in [0.29, 0.717) is 5.84 Å². The van der Waals surface area contributed by atoms with Crippen LogP contribution in [0, 0.1) is 5.41 Å². The summed E-state index contributed by atoms with van der Waals surface area (Å²) < 4.78 is 0. The maximum atomic E-state index is 5.94. The molecule has 1 aliphatic heterocycles. The standard InChI is InChI=1S/C16H19N3/c17-14-11-18-16(19-14)13-7-3-2-6-12(13)10-15(16)8-4-1-5-9-15/h2-3,6-7,11H,1,4-5,8-10H2,(H2,17,19). The Morgan fingerprint density at radius 1 is 1.05 bits per heavy atom. The SMILES string of the molecule is NC1=NC2(N=C1)c1ccccc1CC21CCCCC1. The van der Waals surface area contributed by atoms with Gasteiger partial charge in [-0.15, -0.1) is 0 Å². The quantitative estimate of drug-likeness (QED) is 0.759. The molecule has 1 fully saturated rings. The van der Waals surface area contributed by atoms with Crippen LogP contribution >= 0.6 is 0 Å². The van der Waals surface area contributed by atoms with Gasteiger partial charge in [0, 0.05) is 11.0 Å². The summed E-state index contributed by atoms with van der Waals surface area (Å²) >= 11 is 0. The van der Waals surface area contributed by atoms with Crippen molar-refractivity contribution in [2.45, 2.75) is 44.2 Å². The fraction of sp³-hybridized carbons (Fsp3) is 0.500. The zero-order valence-electron chi connectivity index (χ0n) is 11.1. The van der Waals surface area contributed by atoms with Gasteiger partial charge in [-0.3, -0.25) is 4.99 Å². The highest BCUT2D eigenvalue weighted by atomic mass is 15.2. The maximum Gasteiger partial charge on any atom is 0.184 e. The first kappa shape index (κ1) is 11.2. The summed E-state index contributed by atoms with van der Waals surface area (Å²) in [4.78, 5) is 9.62.